The van der Waals surface area contributed by atoms with Crippen molar-refractivity contribution in [2.24, 2.45) is 5.92 Å². The molecule has 1 aromatic rings. The maximum Gasteiger partial charge on any atom is 0.148 e. The summed E-state index contributed by atoms with van der Waals surface area (Å²) in [7, 11) is 1.55. The Morgan fingerprint density at radius 2 is 2.28 bits per heavy atom. The summed E-state index contributed by atoms with van der Waals surface area (Å²) in [6.07, 6.45) is 3.50. The highest BCUT2D eigenvalue weighted by atomic mass is 19.1. The quantitative estimate of drug-likeness (QED) is 0.840. The van der Waals surface area contributed by atoms with E-state index in [1.165, 1.54) is 12.5 Å². The molecule has 4 heteroatoms. The highest BCUT2D eigenvalue weighted by Gasteiger charge is 2.22. The molecule has 1 aromatic carbocycles. The Balaban J connectivity index is 2.26. The van der Waals surface area contributed by atoms with Crippen LogP contribution in [0.15, 0.2) is 12.1 Å². The van der Waals surface area contributed by atoms with Crippen LogP contribution in [-0.2, 0) is 0 Å². The fourth-order valence-corrected chi connectivity index (χ4v) is 2.59. The van der Waals surface area contributed by atoms with Crippen molar-refractivity contribution in [1.29, 1.82) is 0 Å². The monoisotopic (exact) mass is 252 g/mol. The Bertz CT molecular complexity index is 423. The highest BCUT2D eigenvalue weighted by molar-refractivity contribution is 5.63. The first-order valence-corrected chi connectivity index (χ1v) is 6.53. The van der Waals surface area contributed by atoms with Crippen LogP contribution in [0.2, 0.25) is 0 Å². The predicted molar refractivity (Wildman–Crippen MR) is 72.6 cm³/mol. The molecule has 1 saturated heterocycles. The first kappa shape index (κ1) is 13.0. The average molecular weight is 252 g/mol. The molecule has 2 rings (SSSR count). The van der Waals surface area contributed by atoms with Gasteiger partial charge in [-0.05, 0) is 18.8 Å². The van der Waals surface area contributed by atoms with Crippen LogP contribution in [0.3, 0.4) is 0 Å². The number of piperidine rings is 1. The summed E-state index contributed by atoms with van der Waals surface area (Å²) < 4.78 is 19.2. The van der Waals surface area contributed by atoms with Gasteiger partial charge in [-0.2, -0.15) is 0 Å². The Kier molecular flexibility index (Phi) is 3.94. The summed E-state index contributed by atoms with van der Waals surface area (Å²) >= 11 is 0. The van der Waals surface area contributed by atoms with Crippen molar-refractivity contribution < 1.29 is 9.13 Å². The van der Waals surface area contributed by atoms with E-state index in [4.69, 9.17) is 10.5 Å². The molecular formula is C14H21FN2O. The zero-order valence-electron chi connectivity index (χ0n) is 11.1. The van der Waals surface area contributed by atoms with Crippen LogP contribution in [0.1, 0.15) is 26.2 Å². The normalized spacial score (nSPS) is 19.9. The van der Waals surface area contributed by atoms with Crippen LogP contribution >= 0.6 is 0 Å². The van der Waals surface area contributed by atoms with Crippen LogP contribution in [-0.4, -0.2) is 20.2 Å². The van der Waals surface area contributed by atoms with Gasteiger partial charge in [0.1, 0.15) is 11.6 Å². The van der Waals surface area contributed by atoms with E-state index in [9.17, 15) is 4.39 Å². The summed E-state index contributed by atoms with van der Waals surface area (Å²) in [5.74, 6) is 0.941. The van der Waals surface area contributed by atoms with Crippen molar-refractivity contribution in [2.45, 2.75) is 26.2 Å². The molecule has 0 saturated carbocycles. The van der Waals surface area contributed by atoms with Gasteiger partial charge >= 0.3 is 0 Å². The number of rotatable bonds is 3. The minimum Gasteiger partial charge on any atom is -0.495 e. The van der Waals surface area contributed by atoms with Gasteiger partial charge in [-0.3, -0.25) is 0 Å². The lowest BCUT2D eigenvalue weighted by Gasteiger charge is -2.34. The Morgan fingerprint density at radius 1 is 1.50 bits per heavy atom. The Labute approximate surface area is 108 Å². The molecule has 0 bridgehead atoms. The molecule has 0 aromatic heterocycles. The van der Waals surface area contributed by atoms with Crippen molar-refractivity contribution >= 4 is 11.4 Å². The number of benzene rings is 1. The average Bonchev–Trinajstić information content (AvgIpc) is 2.39. The van der Waals surface area contributed by atoms with Gasteiger partial charge in [0, 0.05) is 25.2 Å². The smallest absolute Gasteiger partial charge is 0.148 e. The van der Waals surface area contributed by atoms with Gasteiger partial charge < -0.3 is 15.4 Å². The molecule has 0 spiro atoms. The zero-order valence-corrected chi connectivity index (χ0v) is 11.1. The Hall–Kier alpha value is -1.45. The van der Waals surface area contributed by atoms with E-state index < -0.39 is 0 Å². The number of nitrogen functional groups attached to an aromatic ring is 1. The van der Waals surface area contributed by atoms with Gasteiger partial charge in [-0.15, -0.1) is 0 Å². The van der Waals surface area contributed by atoms with Gasteiger partial charge in [0.15, 0.2) is 0 Å². The number of methoxy groups -OCH3 is 1. The lowest BCUT2D eigenvalue weighted by Crippen LogP contribution is -2.35. The third kappa shape index (κ3) is 2.52. The number of anilines is 2. The van der Waals surface area contributed by atoms with Gasteiger partial charge in [0.05, 0.1) is 18.5 Å². The lowest BCUT2D eigenvalue weighted by atomic mass is 9.95. The second-order valence-electron chi connectivity index (χ2n) is 4.91. The van der Waals surface area contributed by atoms with Gasteiger partial charge in [0.25, 0.3) is 0 Å². The van der Waals surface area contributed by atoms with Crippen molar-refractivity contribution in [3.05, 3.63) is 17.9 Å². The number of ether oxygens (including phenoxy) is 1. The number of nitrogens with zero attached hydrogens (tertiary/aromatic N) is 1. The summed E-state index contributed by atoms with van der Waals surface area (Å²) in [5.41, 5.74) is 6.66. The second-order valence-corrected chi connectivity index (χ2v) is 4.91. The molecule has 0 amide bonds. The molecule has 100 valence electrons. The first-order chi connectivity index (χ1) is 8.65. The van der Waals surface area contributed by atoms with Crippen LogP contribution in [0.4, 0.5) is 15.8 Å². The molecule has 1 heterocycles. The maximum atomic E-state index is 14.0. The molecule has 0 aliphatic carbocycles. The standard InChI is InChI=1S/C14H21FN2O/c1-3-10-5-4-6-17(9-10)13-8-14(18-2)12(16)7-11(13)15/h7-8,10H,3-6,9,16H2,1-2H3. The lowest BCUT2D eigenvalue weighted by molar-refractivity contribution is 0.398. The fourth-order valence-electron chi connectivity index (χ4n) is 2.59. The van der Waals surface area contributed by atoms with E-state index in [-0.39, 0.29) is 5.82 Å². The first-order valence-electron chi connectivity index (χ1n) is 6.53. The van der Waals surface area contributed by atoms with Crippen molar-refractivity contribution in [3.63, 3.8) is 0 Å². The second kappa shape index (κ2) is 5.46. The summed E-state index contributed by atoms with van der Waals surface area (Å²) in [4.78, 5) is 2.11. The molecule has 18 heavy (non-hydrogen) atoms. The summed E-state index contributed by atoms with van der Waals surface area (Å²) in [5, 5.41) is 0. The van der Waals surface area contributed by atoms with Crippen molar-refractivity contribution in [3.8, 4) is 5.75 Å². The highest BCUT2D eigenvalue weighted by Crippen LogP contribution is 2.33. The van der Waals surface area contributed by atoms with E-state index in [0.717, 1.165) is 25.9 Å². The number of nitrogens with two attached hydrogens (primary N) is 1. The maximum absolute atomic E-state index is 14.0. The van der Waals surface area contributed by atoms with Gasteiger partial charge in [-0.25, -0.2) is 4.39 Å². The van der Waals surface area contributed by atoms with E-state index in [0.29, 0.717) is 23.0 Å². The van der Waals surface area contributed by atoms with Crippen LogP contribution in [0.5, 0.6) is 5.75 Å². The topological polar surface area (TPSA) is 38.5 Å². The molecule has 1 fully saturated rings. The molecule has 1 aliphatic heterocycles. The van der Waals surface area contributed by atoms with Crippen molar-refractivity contribution in [2.75, 3.05) is 30.8 Å². The van der Waals surface area contributed by atoms with E-state index in [1.807, 2.05) is 0 Å². The summed E-state index contributed by atoms with van der Waals surface area (Å²) in [6.45, 7) is 4.01. The predicted octanol–water partition coefficient (Wildman–Crippen LogP) is 3.04. The molecule has 0 radical (unpaired) electrons. The minimum atomic E-state index is -0.259. The molecule has 1 aliphatic rings. The largest absolute Gasteiger partial charge is 0.495 e. The van der Waals surface area contributed by atoms with Gasteiger partial charge in [0.2, 0.25) is 0 Å². The minimum absolute atomic E-state index is 0.259. The van der Waals surface area contributed by atoms with E-state index >= 15 is 0 Å². The SMILES string of the molecule is CCC1CCCN(c2cc(OC)c(N)cc2F)C1. The molecule has 2 N–H and O–H groups in total. The number of hydrogen-bond acceptors (Lipinski definition) is 3. The van der Waals surface area contributed by atoms with E-state index in [2.05, 4.69) is 11.8 Å². The third-order valence-corrected chi connectivity index (χ3v) is 3.74. The fraction of sp³-hybridized carbons (Fsp3) is 0.571. The Morgan fingerprint density at radius 3 is 2.94 bits per heavy atom. The summed E-state index contributed by atoms with van der Waals surface area (Å²) in [6, 6.07) is 3.06. The number of hydrogen-bond donors (Lipinski definition) is 1. The molecule has 1 unspecified atom stereocenters. The molecular weight excluding hydrogens is 231 g/mol. The third-order valence-electron chi connectivity index (χ3n) is 3.74. The molecule has 3 nitrogen and oxygen atoms in total. The van der Waals surface area contributed by atoms with Crippen LogP contribution in [0.25, 0.3) is 0 Å². The molecule has 1 atom stereocenters. The van der Waals surface area contributed by atoms with Crippen LogP contribution < -0.4 is 15.4 Å². The van der Waals surface area contributed by atoms with Crippen LogP contribution in [0, 0.1) is 11.7 Å². The van der Waals surface area contributed by atoms with E-state index in [1.54, 1.807) is 13.2 Å². The zero-order chi connectivity index (χ0) is 13.1. The van der Waals surface area contributed by atoms with Crippen molar-refractivity contribution in [1.82, 2.24) is 0 Å². The van der Waals surface area contributed by atoms with Gasteiger partial charge in [-0.1, -0.05) is 13.3 Å². The number of halogens is 1.